The van der Waals surface area contributed by atoms with Crippen molar-refractivity contribution in [3.05, 3.63) is 33.1 Å². The van der Waals surface area contributed by atoms with Crippen LogP contribution in [0.3, 0.4) is 0 Å². The van der Waals surface area contributed by atoms with Crippen LogP contribution in [0.5, 0.6) is 0 Å². The predicted octanol–water partition coefficient (Wildman–Crippen LogP) is -7.26. The van der Waals surface area contributed by atoms with Crippen LogP contribution in [0.25, 0.3) is 0 Å². The first-order chi connectivity index (χ1) is 36.5. The van der Waals surface area contributed by atoms with Crippen LogP contribution in [0.1, 0.15) is 73.0 Å². The highest BCUT2D eigenvalue weighted by molar-refractivity contribution is 7.61. The minimum absolute atomic E-state index is 0.0556. The maximum Gasteiger partial charge on any atom is 0.483 e. The number of phosphoric acid groups is 2. The number of hydrogen-bond acceptors (Lipinski definition) is 24. The molecule has 3 rings (SSSR count). The van der Waals surface area contributed by atoms with Gasteiger partial charge in [-0.1, -0.05) is 0 Å². The van der Waals surface area contributed by atoms with Crippen LogP contribution in [0.2, 0.25) is 0 Å². The maximum absolute atomic E-state index is 13.3. The van der Waals surface area contributed by atoms with Crippen molar-refractivity contribution in [3.63, 3.8) is 0 Å². The molecule has 1 aromatic rings. The summed E-state index contributed by atoms with van der Waals surface area (Å²) in [5.41, 5.74) is 3.62. The van der Waals surface area contributed by atoms with Crippen LogP contribution >= 0.6 is 15.6 Å². The fourth-order valence-electron chi connectivity index (χ4n) is 7.17. The summed E-state index contributed by atoms with van der Waals surface area (Å²) in [6.45, 7) is 4.12. The van der Waals surface area contributed by atoms with E-state index in [1.165, 1.54) is 6.92 Å². The summed E-state index contributed by atoms with van der Waals surface area (Å²) in [6, 6.07) is -10.1. The van der Waals surface area contributed by atoms with E-state index in [2.05, 4.69) is 40.7 Å². The van der Waals surface area contributed by atoms with Gasteiger partial charge in [0, 0.05) is 25.6 Å². The Morgan fingerprint density at radius 2 is 1.33 bits per heavy atom. The van der Waals surface area contributed by atoms with Gasteiger partial charge in [0.15, 0.2) is 18.8 Å². The number of aromatic amines is 1. The van der Waals surface area contributed by atoms with Crippen molar-refractivity contribution in [2.24, 2.45) is 5.73 Å². The number of nitrogens with two attached hydrogens (primary N) is 1. The predicted molar refractivity (Wildman–Crippen MR) is 254 cm³/mol. The average molecular weight is 1180 g/mol. The number of aromatic nitrogens is 2. The number of H-pyrrole nitrogens is 1. The zero-order chi connectivity index (χ0) is 60.0. The molecule has 18 atom stereocenters. The van der Waals surface area contributed by atoms with Crippen molar-refractivity contribution < 1.29 is 125 Å². The average Bonchev–Trinajstić information content (AvgIpc) is 3.62. The van der Waals surface area contributed by atoms with Crippen molar-refractivity contribution in [3.8, 4) is 0 Å². The summed E-state index contributed by atoms with van der Waals surface area (Å²) in [7, 11) is -11.8. The molecule has 0 aliphatic carbocycles. The zero-order valence-electron chi connectivity index (χ0n) is 42.3. The maximum atomic E-state index is 13.3. The number of carboxylic acid groups (broad SMARTS) is 3. The van der Waals surface area contributed by atoms with Crippen molar-refractivity contribution in [1.29, 1.82) is 0 Å². The minimum Gasteiger partial charge on any atom is -0.480 e. The van der Waals surface area contributed by atoms with Gasteiger partial charge in [-0.15, -0.1) is 0 Å². The Bertz CT molecular complexity index is 2610. The van der Waals surface area contributed by atoms with Crippen molar-refractivity contribution >= 4 is 69.0 Å². The van der Waals surface area contributed by atoms with Crippen LogP contribution in [0, 0.1) is 0 Å². The number of ether oxygens (including phenoxy) is 3. The molecular formula is C40H63N9O28P2. The molecular weight excluding hydrogens is 1120 g/mol. The highest BCUT2D eigenvalue weighted by atomic mass is 31.3. The largest absolute Gasteiger partial charge is 0.483 e. The topological polar surface area (TPSA) is 578 Å². The number of nitrogens with zero attached hydrogens (tertiary/aromatic N) is 1. The molecule has 0 bridgehead atoms. The number of carbonyl (C=O) groups excluding carboxylic acids is 6. The Morgan fingerprint density at radius 1 is 0.734 bits per heavy atom. The van der Waals surface area contributed by atoms with Crippen LogP contribution in [0.15, 0.2) is 21.9 Å². The lowest BCUT2D eigenvalue weighted by atomic mass is 10.0. The van der Waals surface area contributed by atoms with Gasteiger partial charge in [-0.2, -0.15) is 4.31 Å². The molecule has 0 spiro atoms. The number of nitrogens with one attached hydrogen (secondary N) is 7. The summed E-state index contributed by atoms with van der Waals surface area (Å²) < 4.78 is 56.2. The van der Waals surface area contributed by atoms with E-state index in [0.29, 0.717) is 4.57 Å². The molecule has 2 aliphatic heterocycles. The van der Waals surface area contributed by atoms with Crippen molar-refractivity contribution in [2.45, 2.75) is 164 Å². The molecule has 3 heterocycles. The molecule has 1 aromatic heterocycles. The second kappa shape index (κ2) is 29.4. The first-order valence-electron chi connectivity index (χ1n) is 23.5. The molecule has 2 fully saturated rings. The highest BCUT2D eigenvalue weighted by Gasteiger charge is 2.52. The number of aliphatic hydroxyl groups excluding tert-OH is 4. The molecule has 0 aromatic carbocycles. The number of carboxylic acids is 3. The number of hydrogen-bond donors (Lipinski definition) is 17. The van der Waals surface area contributed by atoms with Gasteiger partial charge in [-0.05, 0) is 53.4 Å². The van der Waals surface area contributed by atoms with Gasteiger partial charge in [-0.25, -0.2) is 18.7 Å². The number of aliphatic carboxylic acids is 3. The van der Waals surface area contributed by atoms with E-state index in [4.69, 9.17) is 34.7 Å². The quantitative estimate of drug-likeness (QED) is 0.0318. The SMILES string of the molecule is CC(=O)NC1C(OP(=O)(O)OP(=O)(O)OCC2OC(n3ccc(=O)[nH]c3=O)C(O)C2O)OC(O)C(O)C1OC(C)C(=O)NC(C)C(=O)NC(CCC(=O)NC(CCCC(N)C(=O)O)C(=O)NC(C)C(=O)NC(C)C(=O)O)C(=O)O. The van der Waals surface area contributed by atoms with Gasteiger partial charge >= 0.3 is 39.2 Å². The van der Waals surface area contributed by atoms with Gasteiger partial charge in [0.2, 0.25) is 35.4 Å². The molecule has 2 saturated heterocycles. The molecule has 0 saturated carbocycles. The fourth-order valence-corrected chi connectivity index (χ4v) is 9.34. The number of phosphoric ester groups is 2. The van der Waals surface area contributed by atoms with Gasteiger partial charge in [-0.3, -0.25) is 61.7 Å². The molecule has 39 heteroatoms. The number of rotatable bonds is 30. The molecule has 37 nitrogen and oxygen atoms in total. The first kappa shape index (κ1) is 67.1. The summed E-state index contributed by atoms with van der Waals surface area (Å²) in [5.74, 6) is -10.6. The number of carbonyl (C=O) groups is 9. The minimum atomic E-state index is -5.99. The van der Waals surface area contributed by atoms with Crippen molar-refractivity contribution in [2.75, 3.05) is 6.61 Å². The Kier molecular flexibility index (Phi) is 24.9. The van der Waals surface area contributed by atoms with E-state index in [1.807, 2.05) is 4.98 Å². The van der Waals surface area contributed by atoms with Crippen molar-refractivity contribution in [1.82, 2.24) is 41.5 Å². The van der Waals surface area contributed by atoms with E-state index in [9.17, 15) is 97.2 Å². The van der Waals surface area contributed by atoms with Gasteiger partial charge in [0.05, 0.1) is 6.61 Å². The smallest absolute Gasteiger partial charge is 0.480 e. The number of aliphatic hydroxyl groups is 4. The van der Waals surface area contributed by atoms with Crippen LogP contribution in [-0.2, 0) is 79.8 Å². The van der Waals surface area contributed by atoms with Gasteiger partial charge < -0.3 is 97.4 Å². The summed E-state index contributed by atoms with van der Waals surface area (Å²) >= 11 is 0. The normalized spacial score (nSPS) is 26.2. The van der Waals surface area contributed by atoms with E-state index < -0.39 is 197 Å². The van der Waals surface area contributed by atoms with Crippen LogP contribution in [-0.4, -0.2) is 207 Å². The Morgan fingerprint density at radius 3 is 1.90 bits per heavy atom. The van der Waals surface area contributed by atoms with E-state index in [-0.39, 0.29) is 19.3 Å². The Hall–Kier alpha value is -6.15. The standard InChI is InChI=1S/C40H63N9O28P2/c1-14(30(56)44-16(3)35(60)61)43-33(59)20(8-6-7-19(41)36(62)63)46-23(51)10-9-21(37(64)65)47-31(57)15(2)42-32(58)17(4)73-29-25(45-18(5)50)39(75-38(66)28(29)55)76-79(70,71)77-78(68,69)72-13-22-26(53)27(54)34(74-22)49-12-11-24(52)48-40(49)67/h11-12,14-17,19-22,25-29,34,38-39,53-55,66H,6-10,13,41H2,1-5H3,(H,42,58)(H,43,59)(H,44,56)(H,45,50)(H,46,51)(H,47,57)(H,60,61)(H,62,63)(H,64,65)(H,68,69)(H,70,71)(H,48,52,67). The highest BCUT2D eigenvalue weighted by Crippen LogP contribution is 2.61. The lowest BCUT2D eigenvalue weighted by Gasteiger charge is -2.43. The summed E-state index contributed by atoms with van der Waals surface area (Å²) in [4.78, 5) is 158. The molecule has 0 radical (unpaired) electrons. The second-order valence-electron chi connectivity index (χ2n) is 17.8. The second-order valence-corrected chi connectivity index (χ2v) is 20.8. The van der Waals surface area contributed by atoms with Crippen LogP contribution < -0.4 is 48.9 Å². The van der Waals surface area contributed by atoms with E-state index in [0.717, 1.165) is 40.0 Å². The van der Waals surface area contributed by atoms with Gasteiger partial charge in [0.1, 0.15) is 78.9 Å². The lowest BCUT2D eigenvalue weighted by molar-refractivity contribution is -0.307. The third kappa shape index (κ3) is 20.5. The zero-order valence-corrected chi connectivity index (χ0v) is 44.1. The van der Waals surface area contributed by atoms with Crippen LogP contribution in [0.4, 0.5) is 0 Å². The van der Waals surface area contributed by atoms with Gasteiger partial charge in [0.25, 0.3) is 5.56 Å². The molecule has 446 valence electrons. The number of amides is 6. The lowest BCUT2D eigenvalue weighted by Crippen LogP contribution is -2.65. The molecule has 18 N–H and O–H groups in total. The Balaban J connectivity index is 1.64. The molecule has 6 amide bonds. The molecule has 79 heavy (non-hydrogen) atoms. The summed E-state index contributed by atoms with van der Waals surface area (Å²) in [6.07, 6.45) is -19.1. The third-order valence-corrected chi connectivity index (χ3v) is 14.0. The monoisotopic (exact) mass is 1180 g/mol. The molecule has 18 unspecified atom stereocenters. The first-order valence-corrected chi connectivity index (χ1v) is 26.5. The third-order valence-electron chi connectivity index (χ3n) is 11.4. The Labute approximate surface area is 445 Å². The fraction of sp³-hybridized carbons (Fsp3) is 0.675. The summed E-state index contributed by atoms with van der Waals surface area (Å²) in [5, 5.41) is 83.3. The van der Waals surface area contributed by atoms with E-state index >= 15 is 0 Å². The van der Waals surface area contributed by atoms with E-state index in [1.54, 1.807) is 0 Å². The molecule has 2 aliphatic rings.